The largest absolute Gasteiger partial charge is 0.315 e. The van der Waals surface area contributed by atoms with Crippen molar-refractivity contribution in [2.45, 2.75) is 32.1 Å². The maximum absolute atomic E-state index is 12.8. The summed E-state index contributed by atoms with van der Waals surface area (Å²) >= 11 is 0. The summed E-state index contributed by atoms with van der Waals surface area (Å²) in [6, 6.07) is 6.75. The Hall–Kier alpha value is -2.43. The van der Waals surface area contributed by atoms with Crippen LogP contribution < -0.4 is 0 Å². The van der Waals surface area contributed by atoms with Crippen molar-refractivity contribution in [2.24, 2.45) is 5.92 Å². The number of carbonyl (C=O) groups is 3. The lowest BCUT2D eigenvalue weighted by Gasteiger charge is -2.38. The molecule has 2 aliphatic heterocycles. The van der Waals surface area contributed by atoms with E-state index in [1.807, 2.05) is 0 Å². The molecule has 1 unspecified atom stereocenters. The highest BCUT2D eigenvalue weighted by Crippen LogP contribution is 2.35. The molecular weight excluding hydrogens is 304 g/mol. The quantitative estimate of drug-likeness (QED) is 0.786. The molecule has 1 saturated heterocycles. The fraction of sp³-hybridized carbons (Fsp3) is 0.421. The zero-order chi connectivity index (χ0) is 16.7. The summed E-state index contributed by atoms with van der Waals surface area (Å²) in [5.74, 6) is -0.425. The Labute approximate surface area is 140 Å². The van der Waals surface area contributed by atoms with Crippen molar-refractivity contribution in [3.05, 3.63) is 47.2 Å². The second-order valence-electron chi connectivity index (χ2n) is 6.69. The lowest BCUT2D eigenvalue weighted by molar-refractivity contribution is -0.130. The predicted molar refractivity (Wildman–Crippen MR) is 88.2 cm³/mol. The van der Waals surface area contributed by atoms with E-state index in [4.69, 9.17) is 0 Å². The van der Waals surface area contributed by atoms with E-state index in [1.165, 1.54) is 6.42 Å². The summed E-state index contributed by atoms with van der Waals surface area (Å²) < 4.78 is 0. The van der Waals surface area contributed by atoms with E-state index in [0.717, 1.165) is 36.3 Å². The molecule has 5 nitrogen and oxygen atoms in total. The molecule has 24 heavy (non-hydrogen) atoms. The van der Waals surface area contributed by atoms with Crippen LogP contribution in [-0.4, -0.2) is 40.6 Å². The van der Waals surface area contributed by atoms with Gasteiger partial charge in [0.25, 0.3) is 11.8 Å². The van der Waals surface area contributed by atoms with Crippen LogP contribution in [0.2, 0.25) is 0 Å². The number of amides is 3. The first kappa shape index (κ1) is 15.1. The van der Waals surface area contributed by atoms with Crippen molar-refractivity contribution in [1.29, 1.82) is 0 Å². The zero-order valence-corrected chi connectivity index (χ0v) is 13.5. The predicted octanol–water partition coefficient (Wildman–Crippen LogP) is 2.59. The molecule has 3 aliphatic rings. The van der Waals surface area contributed by atoms with Crippen LogP contribution in [-0.2, 0) is 4.79 Å². The highest BCUT2D eigenvalue weighted by molar-refractivity contribution is 6.22. The van der Waals surface area contributed by atoms with Gasteiger partial charge in [-0.1, -0.05) is 18.2 Å². The number of piperidine rings is 1. The fourth-order valence-electron chi connectivity index (χ4n) is 4.05. The molecule has 1 aromatic carbocycles. The molecule has 1 fully saturated rings. The van der Waals surface area contributed by atoms with Crippen molar-refractivity contribution < 1.29 is 14.4 Å². The first-order valence-electron chi connectivity index (χ1n) is 8.62. The van der Waals surface area contributed by atoms with Crippen LogP contribution in [0.25, 0.3) is 0 Å². The van der Waals surface area contributed by atoms with Crippen LogP contribution in [0.4, 0.5) is 0 Å². The number of hydrogen-bond acceptors (Lipinski definition) is 3. The van der Waals surface area contributed by atoms with E-state index in [0.29, 0.717) is 23.6 Å². The van der Waals surface area contributed by atoms with E-state index in [1.54, 1.807) is 29.2 Å². The number of fused-ring (bicyclic) bond motifs is 2. The van der Waals surface area contributed by atoms with Crippen molar-refractivity contribution >= 4 is 17.7 Å². The van der Waals surface area contributed by atoms with Gasteiger partial charge in [-0.05, 0) is 50.2 Å². The zero-order valence-electron chi connectivity index (χ0n) is 13.5. The van der Waals surface area contributed by atoms with Gasteiger partial charge < -0.3 is 4.90 Å². The first-order chi connectivity index (χ1) is 11.7. The summed E-state index contributed by atoms with van der Waals surface area (Å²) in [6.45, 7) is 0.515. The van der Waals surface area contributed by atoms with Crippen LogP contribution in [0.5, 0.6) is 0 Å². The minimum atomic E-state index is -0.366. The number of rotatable bonds is 2. The van der Waals surface area contributed by atoms with Crippen LogP contribution in [0.1, 0.15) is 52.8 Å². The van der Waals surface area contributed by atoms with Crippen molar-refractivity contribution in [3.8, 4) is 0 Å². The van der Waals surface area contributed by atoms with Crippen molar-refractivity contribution in [3.63, 3.8) is 0 Å². The standard InChI is InChI=1S/C19H20N2O3/c22-17(20-11-5-7-13-6-1-4-10-16(13)20)12-21-18(23)14-8-2-3-9-15(14)19(21)24/h2-3,8-10,13H,1,4-7,11-12H2. The Balaban J connectivity index is 1.54. The second kappa shape index (κ2) is 5.89. The molecule has 4 rings (SSSR count). The van der Waals surface area contributed by atoms with E-state index >= 15 is 0 Å². The van der Waals surface area contributed by atoms with E-state index in [9.17, 15) is 14.4 Å². The van der Waals surface area contributed by atoms with Crippen molar-refractivity contribution in [2.75, 3.05) is 13.1 Å². The van der Waals surface area contributed by atoms with Gasteiger partial charge in [-0.2, -0.15) is 0 Å². The number of carbonyl (C=O) groups excluding carboxylic acids is 3. The number of hydrogen-bond donors (Lipinski definition) is 0. The number of likely N-dealkylation sites (tertiary alicyclic amines) is 1. The summed E-state index contributed by atoms with van der Waals surface area (Å²) in [5, 5.41) is 0. The van der Waals surface area contributed by atoms with Gasteiger partial charge in [-0.15, -0.1) is 0 Å². The Bertz CT molecular complexity index is 718. The number of nitrogens with zero attached hydrogens (tertiary/aromatic N) is 2. The highest BCUT2D eigenvalue weighted by atomic mass is 16.2. The van der Waals surface area contributed by atoms with Crippen molar-refractivity contribution in [1.82, 2.24) is 9.80 Å². The number of benzene rings is 1. The second-order valence-corrected chi connectivity index (χ2v) is 6.69. The van der Waals surface area contributed by atoms with Gasteiger partial charge in [-0.3, -0.25) is 19.3 Å². The summed E-state index contributed by atoms with van der Waals surface area (Å²) in [5.41, 5.74) is 1.89. The van der Waals surface area contributed by atoms with Gasteiger partial charge in [0.15, 0.2) is 0 Å². The first-order valence-corrected chi connectivity index (χ1v) is 8.62. The molecule has 0 bridgehead atoms. The molecule has 1 aliphatic carbocycles. The molecule has 0 saturated carbocycles. The summed E-state index contributed by atoms with van der Waals surface area (Å²) in [7, 11) is 0. The Morgan fingerprint density at radius 3 is 2.42 bits per heavy atom. The fourth-order valence-corrected chi connectivity index (χ4v) is 4.05. The van der Waals surface area contributed by atoms with Gasteiger partial charge in [0.1, 0.15) is 6.54 Å². The molecule has 1 aromatic rings. The lowest BCUT2D eigenvalue weighted by atomic mass is 9.85. The van der Waals surface area contributed by atoms with E-state index in [-0.39, 0.29) is 24.3 Å². The SMILES string of the molecule is O=C(CN1C(=O)c2ccccc2C1=O)N1CCCC2CCCC=C21. The Morgan fingerprint density at radius 2 is 1.71 bits per heavy atom. The lowest BCUT2D eigenvalue weighted by Crippen LogP contribution is -2.45. The van der Waals surface area contributed by atoms with Crippen LogP contribution >= 0.6 is 0 Å². The van der Waals surface area contributed by atoms with Gasteiger partial charge in [0.05, 0.1) is 11.1 Å². The molecular formula is C19H20N2O3. The Morgan fingerprint density at radius 1 is 1.04 bits per heavy atom. The summed E-state index contributed by atoms with van der Waals surface area (Å²) in [4.78, 5) is 40.5. The van der Waals surface area contributed by atoms with Gasteiger partial charge in [0.2, 0.25) is 5.91 Å². The van der Waals surface area contributed by atoms with Crippen LogP contribution in [0.15, 0.2) is 36.0 Å². The summed E-state index contributed by atoms with van der Waals surface area (Å²) in [6.07, 6.45) is 7.58. The van der Waals surface area contributed by atoms with Crippen LogP contribution in [0.3, 0.4) is 0 Å². The topological polar surface area (TPSA) is 57.7 Å². The average Bonchev–Trinajstić information content (AvgIpc) is 2.86. The van der Waals surface area contributed by atoms with E-state index < -0.39 is 0 Å². The van der Waals surface area contributed by atoms with Crippen LogP contribution in [0, 0.1) is 5.92 Å². The minimum Gasteiger partial charge on any atom is -0.315 e. The Kier molecular flexibility index (Phi) is 3.71. The molecule has 0 N–H and O–H groups in total. The molecule has 0 spiro atoms. The third-order valence-corrected chi connectivity index (χ3v) is 5.25. The molecule has 5 heteroatoms. The molecule has 0 aromatic heterocycles. The van der Waals surface area contributed by atoms with Gasteiger partial charge in [0, 0.05) is 12.2 Å². The molecule has 1 atom stereocenters. The van der Waals surface area contributed by atoms with E-state index in [2.05, 4.69) is 6.08 Å². The molecule has 124 valence electrons. The van der Waals surface area contributed by atoms with Gasteiger partial charge >= 0.3 is 0 Å². The maximum Gasteiger partial charge on any atom is 0.262 e. The third-order valence-electron chi connectivity index (χ3n) is 5.25. The molecule has 3 amide bonds. The smallest absolute Gasteiger partial charge is 0.262 e. The maximum atomic E-state index is 12.8. The third kappa shape index (κ3) is 2.35. The average molecular weight is 324 g/mol. The monoisotopic (exact) mass is 324 g/mol. The van der Waals surface area contributed by atoms with Gasteiger partial charge in [-0.25, -0.2) is 0 Å². The normalized spacial score (nSPS) is 23.0. The minimum absolute atomic E-state index is 0.151. The number of imide groups is 1. The number of allylic oxidation sites excluding steroid dienone is 2. The molecule has 0 radical (unpaired) electrons. The molecule has 2 heterocycles. The highest BCUT2D eigenvalue weighted by Gasteiger charge is 2.38.